The number of anilines is 4. The maximum atomic E-state index is 12.9. The van der Waals surface area contributed by atoms with Crippen LogP contribution in [0.15, 0.2) is 54.7 Å². The molecule has 0 amide bonds. The molecule has 0 bridgehead atoms. The summed E-state index contributed by atoms with van der Waals surface area (Å²) < 4.78 is 18.6. The van der Waals surface area contributed by atoms with Gasteiger partial charge in [0.05, 0.1) is 12.3 Å². The number of aromatic nitrogens is 3. The molecule has 25 heavy (non-hydrogen) atoms. The number of halogens is 1. The van der Waals surface area contributed by atoms with E-state index >= 15 is 0 Å². The molecule has 1 heterocycles. The lowest BCUT2D eigenvalue weighted by Gasteiger charge is -2.11. The van der Waals surface area contributed by atoms with Crippen LogP contribution in [0, 0.1) is 5.82 Å². The molecule has 0 spiro atoms. The third kappa shape index (κ3) is 4.87. The Labute approximate surface area is 145 Å². The second kappa shape index (κ2) is 7.57. The molecular weight excluding hydrogens is 321 g/mol. The van der Waals surface area contributed by atoms with Crippen molar-refractivity contribution in [3.63, 3.8) is 0 Å². The van der Waals surface area contributed by atoms with E-state index in [2.05, 4.69) is 25.8 Å². The van der Waals surface area contributed by atoms with Crippen LogP contribution in [-0.2, 0) is 0 Å². The first-order valence-corrected chi connectivity index (χ1v) is 7.84. The molecule has 128 valence electrons. The van der Waals surface area contributed by atoms with Crippen molar-refractivity contribution in [3.05, 3.63) is 60.5 Å². The van der Waals surface area contributed by atoms with Crippen LogP contribution >= 0.6 is 0 Å². The zero-order valence-corrected chi connectivity index (χ0v) is 13.9. The van der Waals surface area contributed by atoms with Crippen LogP contribution in [0.3, 0.4) is 0 Å². The molecule has 1 aromatic heterocycles. The van der Waals surface area contributed by atoms with E-state index in [9.17, 15) is 4.39 Å². The number of hydrogen-bond donors (Lipinski definition) is 2. The Morgan fingerprint density at radius 2 is 1.56 bits per heavy atom. The van der Waals surface area contributed by atoms with Gasteiger partial charge in [-0.25, -0.2) is 4.39 Å². The van der Waals surface area contributed by atoms with E-state index in [0.29, 0.717) is 17.5 Å². The summed E-state index contributed by atoms with van der Waals surface area (Å²) in [6.45, 7) is 3.96. The fraction of sp³-hybridized carbons (Fsp3) is 0.167. The van der Waals surface area contributed by atoms with Gasteiger partial charge in [-0.05, 0) is 62.4 Å². The van der Waals surface area contributed by atoms with E-state index in [1.807, 2.05) is 38.1 Å². The van der Waals surface area contributed by atoms with Crippen molar-refractivity contribution in [2.24, 2.45) is 0 Å². The molecule has 0 aliphatic carbocycles. The predicted molar refractivity (Wildman–Crippen MR) is 95.0 cm³/mol. The molecule has 0 atom stereocenters. The third-order valence-corrected chi connectivity index (χ3v) is 3.16. The van der Waals surface area contributed by atoms with Crippen LogP contribution in [0.25, 0.3) is 0 Å². The highest BCUT2D eigenvalue weighted by Gasteiger charge is 2.03. The Hall–Kier alpha value is -3.22. The molecule has 0 saturated carbocycles. The Balaban J connectivity index is 1.68. The lowest BCUT2D eigenvalue weighted by molar-refractivity contribution is 0.242. The zero-order chi connectivity index (χ0) is 17.6. The first-order valence-electron chi connectivity index (χ1n) is 7.84. The molecule has 0 aliphatic rings. The number of nitrogens with one attached hydrogen (secondary N) is 2. The minimum atomic E-state index is -0.301. The molecule has 0 radical (unpaired) electrons. The molecular formula is C18H18FN5O. The van der Waals surface area contributed by atoms with Gasteiger partial charge in [0.15, 0.2) is 5.82 Å². The summed E-state index contributed by atoms with van der Waals surface area (Å²) in [5, 5.41) is 14.0. The third-order valence-electron chi connectivity index (χ3n) is 3.16. The summed E-state index contributed by atoms with van der Waals surface area (Å²) in [5.74, 6) is 1.36. The van der Waals surface area contributed by atoms with Crippen molar-refractivity contribution in [1.29, 1.82) is 0 Å². The molecule has 3 aromatic rings. The predicted octanol–water partition coefficient (Wildman–Crippen LogP) is 4.29. The molecule has 2 N–H and O–H groups in total. The van der Waals surface area contributed by atoms with E-state index in [-0.39, 0.29) is 11.9 Å². The molecule has 3 rings (SSSR count). The lowest BCUT2D eigenvalue weighted by atomic mass is 10.3. The van der Waals surface area contributed by atoms with Gasteiger partial charge in [0.25, 0.3) is 0 Å². The van der Waals surface area contributed by atoms with Gasteiger partial charge < -0.3 is 15.4 Å². The average Bonchev–Trinajstić information content (AvgIpc) is 2.59. The smallest absolute Gasteiger partial charge is 0.249 e. The lowest BCUT2D eigenvalue weighted by Crippen LogP contribution is -2.05. The van der Waals surface area contributed by atoms with Gasteiger partial charge in [0.2, 0.25) is 5.95 Å². The summed E-state index contributed by atoms with van der Waals surface area (Å²) >= 11 is 0. The normalized spacial score (nSPS) is 10.6. The Bertz CT molecular complexity index is 822. The van der Waals surface area contributed by atoms with Crippen LogP contribution in [0.4, 0.5) is 27.5 Å². The van der Waals surface area contributed by atoms with Gasteiger partial charge in [-0.1, -0.05) is 0 Å². The van der Waals surface area contributed by atoms with Crippen molar-refractivity contribution in [2.75, 3.05) is 10.6 Å². The zero-order valence-electron chi connectivity index (χ0n) is 13.9. The van der Waals surface area contributed by atoms with Gasteiger partial charge in [-0.2, -0.15) is 10.1 Å². The standard InChI is InChI=1S/C18H18FN5O/c1-12(2)25-16-9-7-14(8-10-16)21-17-11-20-24-18(23-17)22-15-5-3-13(19)4-6-15/h3-12H,1-2H3,(H2,21,22,23,24). The first-order chi connectivity index (χ1) is 12.1. The Kier molecular flexibility index (Phi) is 5.03. The van der Waals surface area contributed by atoms with Crippen molar-refractivity contribution in [2.45, 2.75) is 20.0 Å². The van der Waals surface area contributed by atoms with Crippen molar-refractivity contribution >= 4 is 23.1 Å². The fourth-order valence-electron chi connectivity index (χ4n) is 2.12. The maximum Gasteiger partial charge on any atom is 0.249 e. The number of nitrogens with zero attached hydrogens (tertiary/aromatic N) is 3. The maximum absolute atomic E-state index is 12.9. The first kappa shape index (κ1) is 16.6. The molecule has 2 aromatic carbocycles. The van der Waals surface area contributed by atoms with E-state index in [1.54, 1.807) is 12.1 Å². The second-order valence-corrected chi connectivity index (χ2v) is 5.61. The highest BCUT2D eigenvalue weighted by atomic mass is 19.1. The van der Waals surface area contributed by atoms with Gasteiger partial charge in [-0.3, -0.25) is 0 Å². The largest absolute Gasteiger partial charge is 0.491 e. The molecule has 0 aliphatic heterocycles. The quantitative estimate of drug-likeness (QED) is 0.698. The van der Waals surface area contributed by atoms with Crippen LogP contribution in [0.1, 0.15) is 13.8 Å². The topological polar surface area (TPSA) is 72.0 Å². The summed E-state index contributed by atoms with van der Waals surface area (Å²) in [7, 11) is 0. The average molecular weight is 339 g/mol. The molecule has 7 heteroatoms. The SMILES string of the molecule is CC(C)Oc1ccc(Nc2cnnc(Nc3ccc(F)cc3)n2)cc1. The van der Waals surface area contributed by atoms with Crippen LogP contribution < -0.4 is 15.4 Å². The highest BCUT2D eigenvalue weighted by Crippen LogP contribution is 2.20. The Morgan fingerprint density at radius 1 is 0.920 bits per heavy atom. The van der Waals surface area contributed by atoms with Crippen LogP contribution in [0.2, 0.25) is 0 Å². The van der Waals surface area contributed by atoms with E-state index < -0.39 is 0 Å². The van der Waals surface area contributed by atoms with Gasteiger partial charge in [0.1, 0.15) is 11.6 Å². The molecule has 0 saturated heterocycles. The number of rotatable bonds is 6. The minimum absolute atomic E-state index is 0.130. The second-order valence-electron chi connectivity index (χ2n) is 5.61. The number of benzene rings is 2. The van der Waals surface area contributed by atoms with Crippen LogP contribution in [0.5, 0.6) is 5.75 Å². The summed E-state index contributed by atoms with van der Waals surface area (Å²) in [5.41, 5.74) is 1.53. The molecule has 0 unspecified atom stereocenters. The molecule has 0 fully saturated rings. The van der Waals surface area contributed by atoms with Crippen molar-refractivity contribution in [3.8, 4) is 5.75 Å². The van der Waals surface area contributed by atoms with E-state index in [1.165, 1.54) is 18.3 Å². The van der Waals surface area contributed by atoms with E-state index in [4.69, 9.17) is 4.74 Å². The van der Waals surface area contributed by atoms with Gasteiger partial charge in [-0.15, -0.1) is 5.10 Å². The monoisotopic (exact) mass is 339 g/mol. The molecule has 6 nitrogen and oxygen atoms in total. The summed E-state index contributed by atoms with van der Waals surface area (Å²) in [6, 6.07) is 13.5. The van der Waals surface area contributed by atoms with Crippen LogP contribution in [-0.4, -0.2) is 21.3 Å². The summed E-state index contributed by atoms with van der Waals surface area (Å²) in [4.78, 5) is 4.34. The van der Waals surface area contributed by atoms with Crippen molar-refractivity contribution in [1.82, 2.24) is 15.2 Å². The minimum Gasteiger partial charge on any atom is -0.491 e. The highest BCUT2D eigenvalue weighted by molar-refractivity contribution is 5.59. The number of hydrogen-bond acceptors (Lipinski definition) is 6. The summed E-state index contributed by atoms with van der Waals surface area (Å²) in [6.07, 6.45) is 1.65. The van der Waals surface area contributed by atoms with Gasteiger partial charge >= 0.3 is 0 Å². The van der Waals surface area contributed by atoms with Crippen molar-refractivity contribution < 1.29 is 9.13 Å². The van der Waals surface area contributed by atoms with Gasteiger partial charge in [0, 0.05) is 11.4 Å². The van der Waals surface area contributed by atoms with E-state index in [0.717, 1.165) is 11.4 Å². The fourth-order valence-corrected chi connectivity index (χ4v) is 2.12. The number of ether oxygens (including phenoxy) is 1. The Morgan fingerprint density at radius 3 is 2.24 bits per heavy atom.